The van der Waals surface area contributed by atoms with E-state index in [1.807, 2.05) is 18.2 Å². The monoisotopic (exact) mass is 313 g/mol. The Balaban J connectivity index is 2.59. The SMILES string of the molecule is BrCCc1cc2ccccc2nc1Br. The molecule has 0 saturated carbocycles. The molecule has 0 N–H and O–H groups in total. The Morgan fingerprint density at radius 3 is 2.79 bits per heavy atom. The number of rotatable bonds is 2. The highest BCUT2D eigenvalue weighted by atomic mass is 79.9. The van der Waals surface area contributed by atoms with Crippen LogP contribution in [0.2, 0.25) is 0 Å². The molecular formula is C11H9Br2N. The minimum Gasteiger partial charge on any atom is -0.241 e. The van der Waals surface area contributed by atoms with Gasteiger partial charge in [-0.05, 0) is 40.0 Å². The zero-order valence-corrected chi connectivity index (χ0v) is 10.7. The maximum absolute atomic E-state index is 4.49. The second-order valence-corrected chi connectivity index (χ2v) is 4.61. The summed E-state index contributed by atoms with van der Waals surface area (Å²) in [5, 5.41) is 2.16. The fraction of sp³-hybridized carbons (Fsp3) is 0.182. The third kappa shape index (κ3) is 1.98. The molecule has 1 heterocycles. The lowest BCUT2D eigenvalue weighted by molar-refractivity contribution is 1.12. The highest BCUT2D eigenvalue weighted by molar-refractivity contribution is 9.10. The van der Waals surface area contributed by atoms with Crippen molar-refractivity contribution in [3.05, 3.63) is 40.5 Å². The van der Waals surface area contributed by atoms with E-state index < -0.39 is 0 Å². The van der Waals surface area contributed by atoms with Gasteiger partial charge in [0.25, 0.3) is 0 Å². The number of halogens is 2. The molecule has 0 unspecified atom stereocenters. The van der Waals surface area contributed by atoms with Crippen molar-refractivity contribution in [2.24, 2.45) is 0 Å². The number of fused-ring (bicyclic) bond motifs is 1. The largest absolute Gasteiger partial charge is 0.241 e. The normalized spacial score (nSPS) is 10.7. The molecular weight excluding hydrogens is 306 g/mol. The van der Waals surface area contributed by atoms with Gasteiger partial charge in [0.15, 0.2) is 0 Å². The summed E-state index contributed by atoms with van der Waals surface area (Å²) >= 11 is 6.92. The van der Waals surface area contributed by atoms with Crippen molar-refractivity contribution in [2.75, 3.05) is 5.33 Å². The molecule has 0 atom stereocenters. The molecule has 1 aromatic heterocycles. The van der Waals surface area contributed by atoms with Crippen LogP contribution in [0.25, 0.3) is 10.9 Å². The van der Waals surface area contributed by atoms with Crippen LogP contribution >= 0.6 is 31.9 Å². The van der Waals surface area contributed by atoms with Gasteiger partial charge >= 0.3 is 0 Å². The molecule has 0 radical (unpaired) electrons. The molecule has 1 aromatic carbocycles. The summed E-state index contributed by atoms with van der Waals surface area (Å²) in [5.74, 6) is 0. The van der Waals surface area contributed by atoms with Crippen molar-refractivity contribution in [2.45, 2.75) is 6.42 Å². The van der Waals surface area contributed by atoms with Gasteiger partial charge in [0.05, 0.1) is 5.52 Å². The van der Waals surface area contributed by atoms with Crippen LogP contribution in [0.5, 0.6) is 0 Å². The van der Waals surface area contributed by atoms with Gasteiger partial charge in [0.2, 0.25) is 0 Å². The highest BCUT2D eigenvalue weighted by Gasteiger charge is 2.02. The Morgan fingerprint density at radius 1 is 1.21 bits per heavy atom. The second kappa shape index (κ2) is 4.41. The molecule has 0 aliphatic heterocycles. The molecule has 0 aliphatic rings. The zero-order valence-electron chi connectivity index (χ0n) is 7.50. The maximum Gasteiger partial charge on any atom is 0.110 e. The van der Waals surface area contributed by atoms with E-state index in [1.54, 1.807) is 0 Å². The second-order valence-electron chi connectivity index (χ2n) is 3.07. The van der Waals surface area contributed by atoms with E-state index in [4.69, 9.17) is 0 Å². The third-order valence-corrected chi connectivity index (χ3v) is 3.20. The molecule has 3 heteroatoms. The van der Waals surface area contributed by atoms with Crippen LogP contribution in [0.15, 0.2) is 34.9 Å². The average Bonchev–Trinajstić information content (AvgIpc) is 2.19. The van der Waals surface area contributed by atoms with Crippen molar-refractivity contribution < 1.29 is 0 Å². The van der Waals surface area contributed by atoms with E-state index in [0.717, 1.165) is 21.9 Å². The molecule has 0 amide bonds. The summed E-state index contributed by atoms with van der Waals surface area (Å²) in [7, 11) is 0. The Bertz CT molecular complexity index is 454. The number of pyridine rings is 1. The molecule has 0 spiro atoms. The van der Waals surface area contributed by atoms with Gasteiger partial charge < -0.3 is 0 Å². The van der Waals surface area contributed by atoms with Gasteiger partial charge in [-0.1, -0.05) is 34.1 Å². The van der Waals surface area contributed by atoms with Gasteiger partial charge in [0, 0.05) is 10.7 Å². The summed E-state index contributed by atoms with van der Waals surface area (Å²) in [6.45, 7) is 0. The van der Waals surface area contributed by atoms with Crippen LogP contribution in [0.1, 0.15) is 5.56 Å². The van der Waals surface area contributed by atoms with Crippen LogP contribution < -0.4 is 0 Å². The van der Waals surface area contributed by atoms with E-state index in [1.165, 1.54) is 10.9 Å². The fourth-order valence-electron chi connectivity index (χ4n) is 1.41. The Labute approximate surface area is 99.8 Å². The van der Waals surface area contributed by atoms with Crippen LogP contribution in [0.3, 0.4) is 0 Å². The number of benzene rings is 1. The van der Waals surface area contributed by atoms with Crippen molar-refractivity contribution in [1.29, 1.82) is 0 Å². The predicted octanol–water partition coefficient (Wildman–Crippen LogP) is 3.93. The van der Waals surface area contributed by atoms with Gasteiger partial charge in [0.1, 0.15) is 4.60 Å². The number of nitrogens with zero attached hydrogens (tertiary/aromatic N) is 1. The molecule has 2 rings (SSSR count). The molecule has 1 nitrogen and oxygen atoms in total. The first-order chi connectivity index (χ1) is 6.81. The summed E-state index contributed by atoms with van der Waals surface area (Å²) in [6, 6.07) is 10.3. The number of alkyl halides is 1. The van der Waals surface area contributed by atoms with Gasteiger partial charge in [-0.2, -0.15) is 0 Å². The molecule has 14 heavy (non-hydrogen) atoms. The molecule has 0 saturated heterocycles. The number of para-hydroxylation sites is 1. The smallest absolute Gasteiger partial charge is 0.110 e. The van der Waals surface area contributed by atoms with Crippen molar-refractivity contribution in [3.63, 3.8) is 0 Å². The first kappa shape index (κ1) is 10.1. The van der Waals surface area contributed by atoms with E-state index in [9.17, 15) is 0 Å². The minimum absolute atomic E-state index is 0.954. The first-order valence-electron chi connectivity index (χ1n) is 4.41. The van der Waals surface area contributed by atoms with Gasteiger partial charge in [-0.15, -0.1) is 0 Å². The topological polar surface area (TPSA) is 12.9 Å². The van der Waals surface area contributed by atoms with E-state index in [2.05, 4.69) is 49.0 Å². The molecule has 0 fully saturated rings. The standard InChI is InChI=1S/C11H9Br2N/c12-6-5-9-7-8-3-1-2-4-10(8)14-11(9)13/h1-4,7H,5-6H2. The van der Waals surface area contributed by atoms with Crippen molar-refractivity contribution in [3.8, 4) is 0 Å². The zero-order chi connectivity index (χ0) is 9.97. The Kier molecular flexibility index (Phi) is 3.19. The van der Waals surface area contributed by atoms with Gasteiger partial charge in [-0.25, -0.2) is 4.98 Å². The van der Waals surface area contributed by atoms with Crippen molar-refractivity contribution >= 4 is 42.8 Å². The lowest BCUT2D eigenvalue weighted by Gasteiger charge is -2.03. The number of aromatic nitrogens is 1. The number of hydrogen-bond donors (Lipinski definition) is 0. The minimum atomic E-state index is 0.954. The van der Waals surface area contributed by atoms with E-state index in [0.29, 0.717) is 0 Å². The van der Waals surface area contributed by atoms with E-state index in [-0.39, 0.29) is 0 Å². The molecule has 72 valence electrons. The Hall–Kier alpha value is -0.410. The summed E-state index contributed by atoms with van der Waals surface area (Å²) < 4.78 is 0.954. The molecule has 0 aliphatic carbocycles. The first-order valence-corrected chi connectivity index (χ1v) is 6.33. The molecule has 2 aromatic rings. The quantitative estimate of drug-likeness (QED) is 0.604. The predicted molar refractivity (Wildman–Crippen MR) is 66.9 cm³/mol. The summed E-state index contributed by atoms with van der Waals surface area (Å²) in [6.07, 6.45) is 0.998. The average molecular weight is 315 g/mol. The van der Waals surface area contributed by atoms with Crippen LogP contribution in [-0.2, 0) is 6.42 Å². The molecule has 0 bridgehead atoms. The number of aryl methyl sites for hydroxylation is 1. The van der Waals surface area contributed by atoms with E-state index >= 15 is 0 Å². The van der Waals surface area contributed by atoms with Crippen LogP contribution in [-0.4, -0.2) is 10.3 Å². The summed E-state index contributed by atoms with van der Waals surface area (Å²) in [5.41, 5.74) is 2.29. The Morgan fingerprint density at radius 2 is 2.00 bits per heavy atom. The summed E-state index contributed by atoms with van der Waals surface area (Å²) in [4.78, 5) is 4.49. The van der Waals surface area contributed by atoms with Crippen LogP contribution in [0.4, 0.5) is 0 Å². The van der Waals surface area contributed by atoms with Gasteiger partial charge in [-0.3, -0.25) is 0 Å². The van der Waals surface area contributed by atoms with Crippen LogP contribution in [0, 0.1) is 0 Å². The fourth-order valence-corrected chi connectivity index (χ4v) is 2.34. The number of hydrogen-bond acceptors (Lipinski definition) is 1. The third-order valence-electron chi connectivity index (χ3n) is 2.11. The lowest BCUT2D eigenvalue weighted by atomic mass is 10.1. The lowest BCUT2D eigenvalue weighted by Crippen LogP contribution is -1.91. The highest BCUT2D eigenvalue weighted by Crippen LogP contribution is 2.21. The maximum atomic E-state index is 4.49. The van der Waals surface area contributed by atoms with Crippen molar-refractivity contribution in [1.82, 2.24) is 4.98 Å².